The Labute approximate surface area is 158 Å². The number of benzene rings is 1. The van der Waals surface area contributed by atoms with E-state index in [2.05, 4.69) is 10.3 Å². The zero-order chi connectivity index (χ0) is 19.8. The summed E-state index contributed by atoms with van der Waals surface area (Å²) in [6.07, 6.45) is 2.04. The molecule has 1 aliphatic rings. The van der Waals surface area contributed by atoms with Gasteiger partial charge in [-0.05, 0) is 32.4 Å². The third kappa shape index (κ3) is 3.80. The predicted octanol–water partition coefficient (Wildman–Crippen LogP) is 1.84. The maximum Gasteiger partial charge on any atom is 0.239 e. The molecule has 7 nitrogen and oxygen atoms in total. The van der Waals surface area contributed by atoms with Crippen LogP contribution in [0.25, 0.3) is 10.9 Å². The standard InChI is InChI=1S/C19H23N3O4S/c1-19(2,18(24)22(3)14-9-11-27(25,26)12-14)17(23)21-15-8-4-6-13-7-5-10-20-16(13)15/h4-8,10,14H,9,11-12H2,1-3H3,(H,21,23). The van der Waals surface area contributed by atoms with Gasteiger partial charge in [0.2, 0.25) is 11.8 Å². The lowest BCUT2D eigenvalue weighted by Gasteiger charge is -2.31. The summed E-state index contributed by atoms with van der Waals surface area (Å²) < 4.78 is 23.4. The first-order valence-electron chi connectivity index (χ1n) is 8.75. The van der Waals surface area contributed by atoms with Gasteiger partial charge in [-0.15, -0.1) is 0 Å². The van der Waals surface area contributed by atoms with Crippen LogP contribution in [0.3, 0.4) is 0 Å². The fraction of sp³-hybridized carbons (Fsp3) is 0.421. The van der Waals surface area contributed by atoms with Gasteiger partial charge in [-0.1, -0.05) is 18.2 Å². The van der Waals surface area contributed by atoms with E-state index in [1.54, 1.807) is 33.2 Å². The molecule has 1 aliphatic heterocycles. The smallest absolute Gasteiger partial charge is 0.239 e. The molecule has 1 saturated heterocycles. The van der Waals surface area contributed by atoms with E-state index in [9.17, 15) is 18.0 Å². The third-order valence-electron chi connectivity index (χ3n) is 5.06. The number of aromatic nitrogens is 1. The van der Waals surface area contributed by atoms with Gasteiger partial charge < -0.3 is 10.2 Å². The summed E-state index contributed by atoms with van der Waals surface area (Å²) in [5.41, 5.74) is -0.171. The summed E-state index contributed by atoms with van der Waals surface area (Å²) in [7, 11) is -1.56. The first kappa shape index (κ1) is 19.3. The minimum Gasteiger partial charge on any atom is -0.341 e. The van der Waals surface area contributed by atoms with E-state index in [1.165, 1.54) is 4.90 Å². The number of hydrogen-bond donors (Lipinski definition) is 1. The van der Waals surface area contributed by atoms with Gasteiger partial charge >= 0.3 is 0 Å². The van der Waals surface area contributed by atoms with Gasteiger partial charge in [0, 0.05) is 24.7 Å². The van der Waals surface area contributed by atoms with Crippen molar-refractivity contribution in [3.63, 3.8) is 0 Å². The van der Waals surface area contributed by atoms with Crippen molar-refractivity contribution in [2.24, 2.45) is 5.41 Å². The first-order chi connectivity index (χ1) is 12.6. The average Bonchev–Trinajstić information content (AvgIpc) is 3.00. The zero-order valence-electron chi connectivity index (χ0n) is 15.6. The van der Waals surface area contributed by atoms with Crippen molar-refractivity contribution in [3.8, 4) is 0 Å². The van der Waals surface area contributed by atoms with Crippen LogP contribution in [0.1, 0.15) is 20.3 Å². The van der Waals surface area contributed by atoms with Crippen LogP contribution >= 0.6 is 0 Å². The number of pyridine rings is 1. The molecule has 0 aliphatic carbocycles. The van der Waals surface area contributed by atoms with E-state index in [0.717, 1.165) is 5.39 Å². The summed E-state index contributed by atoms with van der Waals surface area (Å²) in [5.74, 6) is -0.849. The van der Waals surface area contributed by atoms with Crippen LogP contribution in [0.5, 0.6) is 0 Å². The Balaban J connectivity index is 1.79. The van der Waals surface area contributed by atoms with Gasteiger partial charge in [0.05, 0.1) is 22.7 Å². The van der Waals surface area contributed by atoms with Crippen LogP contribution in [-0.2, 0) is 19.4 Å². The highest BCUT2D eigenvalue weighted by Gasteiger charge is 2.42. The quantitative estimate of drug-likeness (QED) is 0.805. The van der Waals surface area contributed by atoms with Crippen molar-refractivity contribution in [1.29, 1.82) is 0 Å². The number of anilines is 1. The van der Waals surface area contributed by atoms with Gasteiger partial charge in [0.25, 0.3) is 0 Å². The number of carbonyl (C=O) groups excluding carboxylic acids is 2. The van der Waals surface area contributed by atoms with Crippen LogP contribution in [0.15, 0.2) is 36.5 Å². The van der Waals surface area contributed by atoms with Crippen molar-refractivity contribution < 1.29 is 18.0 Å². The number of para-hydroxylation sites is 1. The molecular weight excluding hydrogens is 366 g/mol. The number of carbonyl (C=O) groups is 2. The van der Waals surface area contributed by atoms with Gasteiger partial charge in [0.15, 0.2) is 9.84 Å². The average molecular weight is 389 g/mol. The van der Waals surface area contributed by atoms with E-state index in [4.69, 9.17) is 0 Å². The summed E-state index contributed by atoms with van der Waals surface area (Å²) in [6.45, 7) is 3.09. The fourth-order valence-electron chi connectivity index (χ4n) is 3.27. The monoisotopic (exact) mass is 389 g/mol. The maximum atomic E-state index is 12.9. The first-order valence-corrected chi connectivity index (χ1v) is 10.6. The number of sulfone groups is 1. The van der Waals surface area contributed by atoms with E-state index in [1.807, 2.05) is 24.3 Å². The molecule has 0 radical (unpaired) electrons. The fourth-order valence-corrected chi connectivity index (χ4v) is 5.04. The molecule has 27 heavy (non-hydrogen) atoms. The highest BCUT2D eigenvalue weighted by molar-refractivity contribution is 7.91. The van der Waals surface area contributed by atoms with Gasteiger partial charge in [-0.2, -0.15) is 0 Å². The molecule has 2 aromatic rings. The molecule has 0 saturated carbocycles. The topological polar surface area (TPSA) is 96.4 Å². The predicted molar refractivity (Wildman–Crippen MR) is 104 cm³/mol. The number of nitrogens with zero attached hydrogens (tertiary/aromatic N) is 2. The van der Waals surface area contributed by atoms with Crippen LogP contribution in [0.4, 0.5) is 5.69 Å². The molecule has 0 bridgehead atoms. The number of amides is 2. The minimum absolute atomic E-state index is 0.0554. The van der Waals surface area contributed by atoms with Gasteiger partial charge in [-0.25, -0.2) is 8.42 Å². The van der Waals surface area contributed by atoms with E-state index in [0.29, 0.717) is 17.6 Å². The molecule has 144 valence electrons. The maximum absolute atomic E-state index is 12.9. The zero-order valence-corrected chi connectivity index (χ0v) is 16.4. The van der Waals surface area contributed by atoms with Crippen molar-refractivity contribution >= 4 is 38.2 Å². The molecular formula is C19H23N3O4S. The molecule has 1 aromatic heterocycles. The summed E-state index contributed by atoms with van der Waals surface area (Å²) in [4.78, 5) is 31.5. The number of rotatable bonds is 4. The Morgan fingerprint density at radius 2 is 1.93 bits per heavy atom. The normalized spacial score (nSPS) is 19.0. The Kier molecular flexibility index (Phi) is 4.94. The molecule has 8 heteroatoms. The second kappa shape index (κ2) is 6.92. The van der Waals surface area contributed by atoms with Crippen LogP contribution in [-0.4, -0.2) is 54.7 Å². The summed E-state index contributed by atoms with van der Waals surface area (Å²) in [6, 6.07) is 8.75. The molecule has 2 amide bonds. The minimum atomic E-state index is -3.12. The lowest BCUT2D eigenvalue weighted by molar-refractivity contribution is -0.146. The summed E-state index contributed by atoms with van der Waals surface area (Å²) in [5, 5.41) is 3.68. The Morgan fingerprint density at radius 3 is 2.59 bits per heavy atom. The molecule has 1 N–H and O–H groups in total. The van der Waals surface area contributed by atoms with Crippen molar-refractivity contribution in [2.45, 2.75) is 26.3 Å². The number of hydrogen-bond acceptors (Lipinski definition) is 5. The largest absolute Gasteiger partial charge is 0.341 e. The molecule has 1 atom stereocenters. The molecule has 1 unspecified atom stereocenters. The highest BCUT2D eigenvalue weighted by atomic mass is 32.2. The van der Waals surface area contributed by atoms with Crippen LogP contribution < -0.4 is 5.32 Å². The number of fused-ring (bicyclic) bond motifs is 1. The number of nitrogens with one attached hydrogen (secondary N) is 1. The molecule has 3 rings (SSSR count). The molecule has 1 aromatic carbocycles. The molecule has 0 spiro atoms. The lowest BCUT2D eigenvalue weighted by atomic mass is 9.89. The third-order valence-corrected chi connectivity index (χ3v) is 6.81. The molecule has 2 heterocycles. The van der Waals surface area contributed by atoms with Gasteiger partial charge in [-0.3, -0.25) is 14.6 Å². The van der Waals surface area contributed by atoms with E-state index < -0.39 is 33.1 Å². The highest BCUT2D eigenvalue weighted by Crippen LogP contribution is 2.27. The van der Waals surface area contributed by atoms with Crippen molar-refractivity contribution in [2.75, 3.05) is 23.9 Å². The van der Waals surface area contributed by atoms with E-state index >= 15 is 0 Å². The Hall–Kier alpha value is -2.48. The second-order valence-electron chi connectivity index (χ2n) is 7.43. The Bertz CT molecular complexity index is 996. The summed E-state index contributed by atoms with van der Waals surface area (Å²) >= 11 is 0. The van der Waals surface area contributed by atoms with Crippen LogP contribution in [0.2, 0.25) is 0 Å². The SMILES string of the molecule is CN(C(=O)C(C)(C)C(=O)Nc1cccc2cccnc12)C1CCS(=O)(=O)C1. The lowest BCUT2D eigenvalue weighted by Crippen LogP contribution is -2.49. The van der Waals surface area contributed by atoms with Crippen molar-refractivity contribution in [3.05, 3.63) is 36.5 Å². The van der Waals surface area contributed by atoms with E-state index in [-0.39, 0.29) is 11.5 Å². The van der Waals surface area contributed by atoms with Gasteiger partial charge in [0.1, 0.15) is 5.41 Å². The van der Waals surface area contributed by atoms with Crippen molar-refractivity contribution in [1.82, 2.24) is 9.88 Å². The molecule has 1 fully saturated rings. The second-order valence-corrected chi connectivity index (χ2v) is 9.66. The Morgan fingerprint density at radius 1 is 1.22 bits per heavy atom. The van der Waals surface area contributed by atoms with Crippen LogP contribution in [0, 0.1) is 5.41 Å².